The van der Waals surface area contributed by atoms with Crippen molar-refractivity contribution in [1.29, 1.82) is 0 Å². The van der Waals surface area contributed by atoms with Gasteiger partial charge in [0.2, 0.25) is 0 Å². The number of ketones is 1. The van der Waals surface area contributed by atoms with Crippen molar-refractivity contribution in [2.24, 2.45) is 0 Å². The third-order valence-electron chi connectivity index (χ3n) is 2.63. The van der Waals surface area contributed by atoms with Crippen LogP contribution in [0, 0.1) is 10.1 Å². The lowest BCUT2D eigenvalue weighted by Gasteiger charge is -2.13. The van der Waals surface area contributed by atoms with Crippen molar-refractivity contribution in [2.45, 2.75) is 13.3 Å². The van der Waals surface area contributed by atoms with Crippen LogP contribution in [0.3, 0.4) is 0 Å². The van der Waals surface area contributed by atoms with Gasteiger partial charge in [-0.25, -0.2) is 0 Å². The first-order valence-electron chi connectivity index (χ1n) is 5.18. The Morgan fingerprint density at radius 3 is 2.88 bits per heavy atom. The molecule has 17 heavy (non-hydrogen) atoms. The maximum Gasteiger partial charge on any atom is 0.273 e. The molecular formula is C12H11NO4. The maximum atomic E-state index is 11.3. The number of hydrogen-bond acceptors (Lipinski definition) is 4. The number of ether oxygens (including phenoxy) is 1. The van der Waals surface area contributed by atoms with E-state index in [1.165, 1.54) is 12.1 Å². The molecule has 1 heterocycles. The minimum atomic E-state index is -0.483. The molecule has 88 valence electrons. The highest BCUT2D eigenvalue weighted by atomic mass is 16.6. The molecule has 0 atom stereocenters. The van der Waals surface area contributed by atoms with Gasteiger partial charge in [-0.05, 0) is 18.6 Å². The Hall–Kier alpha value is -2.17. The van der Waals surface area contributed by atoms with Gasteiger partial charge in [0.1, 0.15) is 12.4 Å². The topological polar surface area (TPSA) is 69.4 Å². The monoisotopic (exact) mass is 233 g/mol. The van der Waals surface area contributed by atoms with Gasteiger partial charge in [-0.2, -0.15) is 0 Å². The highest BCUT2D eigenvalue weighted by Gasteiger charge is 2.16. The second-order valence-corrected chi connectivity index (χ2v) is 3.86. The van der Waals surface area contributed by atoms with E-state index < -0.39 is 4.92 Å². The smallest absolute Gasteiger partial charge is 0.273 e. The average molecular weight is 233 g/mol. The Morgan fingerprint density at radius 1 is 1.41 bits per heavy atom. The molecule has 0 radical (unpaired) electrons. The number of nitro groups is 1. The van der Waals surface area contributed by atoms with Crippen molar-refractivity contribution in [3.8, 4) is 5.75 Å². The molecule has 0 aliphatic carbocycles. The lowest BCUT2D eigenvalue weighted by Crippen LogP contribution is -2.13. The van der Waals surface area contributed by atoms with Gasteiger partial charge in [-0.15, -0.1) is 0 Å². The zero-order chi connectivity index (χ0) is 12.4. The van der Waals surface area contributed by atoms with Crippen LogP contribution in [0.4, 0.5) is 5.69 Å². The van der Waals surface area contributed by atoms with Gasteiger partial charge in [0.15, 0.2) is 5.78 Å². The van der Waals surface area contributed by atoms with Crippen LogP contribution in [0.15, 0.2) is 24.3 Å². The van der Waals surface area contributed by atoms with Crippen LogP contribution in [0.5, 0.6) is 5.75 Å². The zero-order valence-electron chi connectivity index (χ0n) is 9.30. The van der Waals surface area contributed by atoms with E-state index in [0.717, 1.165) is 11.1 Å². The Balaban J connectivity index is 2.49. The third kappa shape index (κ3) is 2.33. The lowest BCUT2D eigenvalue weighted by molar-refractivity contribution is -0.384. The summed E-state index contributed by atoms with van der Waals surface area (Å²) in [5.41, 5.74) is 1.65. The Labute approximate surface area is 97.9 Å². The van der Waals surface area contributed by atoms with Crippen LogP contribution in [0.1, 0.15) is 18.9 Å². The number of carbonyl (C=O) groups excluding carboxylic acids is 1. The van der Waals surface area contributed by atoms with E-state index in [0.29, 0.717) is 12.2 Å². The molecule has 0 N–H and O–H groups in total. The molecule has 2 rings (SSSR count). The summed E-state index contributed by atoms with van der Waals surface area (Å²) in [7, 11) is 0. The van der Waals surface area contributed by atoms with Crippen LogP contribution in [0.25, 0.3) is 5.57 Å². The Kier molecular flexibility index (Phi) is 2.91. The summed E-state index contributed by atoms with van der Waals surface area (Å²) in [6.07, 6.45) is 2.15. The number of carbonyl (C=O) groups is 1. The zero-order valence-corrected chi connectivity index (χ0v) is 9.30. The molecule has 0 bridgehead atoms. The molecule has 5 heteroatoms. The highest BCUT2D eigenvalue weighted by molar-refractivity contribution is 5.85. The summed E-state index contributed by atoms with van der Waals surface area (Å²) in [6.45, 7) is 1.81. The number of non-ortho nitro benzene ring substituents is 1. The number of rotatable bonds is 1. The van der Waals surface area contributed by atoms with Crippen molar-refractivity contribution in [3.05, 3.63) is 40.0 Å². The van der Waals surface area contributed by atoms with E-state index in [2.05, 4.69) is 0 Å². The van der Waals surface area contributed by atoms with Crippen molar-refractivity contribution in [2.75, 3.05) is 6.61 Å². The van der Waals surface area contributed by atoms with Gasteiger partial charge < -0.3 is 4.74 Å². The quantitative estimate of drug-likeness (QED) is 0.551. The van der Waals surface area contributed by atoms with Crippen LogP contribution >= 0.6 is 0 Å². The minimum absolute atomic E-state index is 0.0374. The van der Waals surface area contributed by atoms with Crippen molar-refractivity contribution >= 4 is 17.0 Å². The summed E-state index contributed by atoms with van der Waals surface area (Å²) < 4.78 is 5.31. The largest absolute Gasteiger partial charge is 0.485 e. The van der Waals surface area contributed by atoms with E-state index >= 15 is 0 Å². The molecule has 1 aromatic rings. The van der Waals surface area contributed by atoms with Crippen molar-refractivity contribution < 1.29 is 14.5 Å². The number of nitro benzene ring substituents is 1. The van der Waals surface area contributed by atoms with Crippen molar-refractivity contribution in [1.82, 2.24) is 0 Å². The lowest BCUT2D eigenvalue weighted by atomic mass is 10.0. The minimum Gasteiger partial charge on any atom is -0.485 e. The first-order valence-corrected chi connectivity index (χ1v) is 5.18. The maximum absolute atomic E-state index is 11.3. The fourth-order valence-corrected chi connectivity index (χ4v) is 1.66. The van der Waals surface area contributed by atoms with Crippen molar-refractivity contribution in [3.63, 3.8) is 0 Å². The van der Waals surface area contributed by atoms with E-state index in [1.807, 2.05) is 13.0 Å². The first-order chi connectivity index (χ1) is 8.08. The van der Waals surface area contributed by atoms with Gasteiger partial charge in [-0.1, -0.05) is 6.08 Å². The second-order valence-electron chi connectivity index (χ2n) is 3.86. The number of fused-ring (bicyclic) bond motifs is 1. The Bertz CT molecular complexity index is 519. The standard InChI is InChI=1S/C12H11NO4/c1-8-2-4-10(14)7-17-12-6-9(13(15)16)3-5-11(8)12/h2-3,5-6H,4,7H2,1H3/b8-2+. The van der Waals surface area contributed by atoms with Gasteiger partial charge >= 0.3 is 0 Å². The molecule has 0 saturated heterocycles. The molecule has 5 nitrogen and oxygen atoms in total. The van der Waals surface area contributed by atoms with Crippen LogP contribution in [-0.2, 0) is 4.79 Å². The average Bonchev–Trinajstić information content (AvgIpc) is 2.31. The number of nitrogens with zero attached hydrogens (tertiary/aromatic N) is 1. The van der Waals surface area contributed by atoms with E-state index in [1.54, 1.807) is 6.07 Å². The highest BCUT2D eigenvalue weighted by Crippen LogP contribution is 2.31. The molecule has 1 aliphatic rings. The molecule has 0 aromatic heterocycles. The summed E-state index contributed by atoms with van der Waals surface area (Å²) in [5, 5.41) is 10.7. The van der Waals surface area contributed by atoms with Crippen LogP contribution in [-0.4, -0.2) is 17.3 Å². The van der Waals surface area contributed by atoms with E-state index in [-0.39, 0.29) is 18.1 Å². The molecule has 1 aromatic carbocycles. The fraction of sp³-hybridized carbons (Fsp3) is 0.250. The molecular weight excluding hydrogens is 222 g/mol. The predicted molar refractivity (Wildman–Crippen MR) is 61.9 cm³/mol. The van der Waals surface area contributed by atoms with E-state index in [4.69, 9.17) is 4.74 Å². The Morgan fingerprint density at radius 2 is 2.18 bits per heavy atom. The molecule has 0 amide bonds. The third-order valence-corrected chi connectivity index (χ3v) is 2.63. The number of hydrogen-bond donors (Lipinski definition) is 0. The van der Waals surface area contributed by atoms with Gasteiger partial charge in [0, 0.05) is 18.1 Å². The van der Waals surface area contributed by atoms with Gasteiger partial charge in [0.25, 0.3) is 5.69 Å². The van der Waals surface area contributed by atoms with Crippen LogP contribution < -0.4 is 4.74 Å². The van der Waals surface area contributed by atoms with Gasteiger partial charge in [0.05, 0.1) is 11.0 Å². The fourth-order valence-electron chi connectivity index (χ4n) is 1.66. The summed E-state index contributed by atoms with van der Waals surface area (Å²) in [4.78, 5) is 21.5. The van der Waals surface area contributed by atoms with E-state index in [9.17, 15) is 14.9 Å². The van der Waals surface area contributed by atoms with Crippen LogP contribution in [0.2, 0.25) is 0 Å². The first kappa shape index (κ1) is 11.3. The molecule has 1 aliphatic heterocycles. The SMILES string of the molecule is C/C1=C\CC(=O)COc2cc([N+](=O)[O-])ccc21. The molecule has 0 unspecified atom stereocenters. The summed E-state index contributed by atoms with van der Waals surface area (Å²) in [5.74, 6) is 0.350. The number of Topliss-reactive ketones (excluding diaryl/α,β-unsaturated/α-hetero) is 1. The number of benzene rings is 1. The normalized spacial score (nSPS) is 18.2. The predicted octanol–water partition coefficient (Wildman–Crippen LogP) is 2.35. The molecule has 0 saturated carbocycles. The summed E-state index contributed by atoms with van der Waals surface area (Å²) in [6, 6.07) is 4.43. The second kappa shape index (κ2) is 4.37. The number of allylic oxidation sites excluding steroid dienone is 2. The van der Waals surface area contributed by atoms with Gasteiger partial charge in [-0.3, -0.25) is 14.9 Å². The summed E-state index contributed by atoms with van der Waals surface area (Å²) >= 11 is 0. The molecule has 0 fully saturated rings. The molecule has 0 spiro atoms.